The van der Waals surface area contributed by atoms with E-state index in [0.717, 1.165) is 5.56 Å². The molecule has 33 heavy (non-hydrogen) atoms. The van der Waals surface area contributed by atoms with E-state index < -0.39 is 10.0 Å². The van der Waals surface area contributed by atoms with E-state index in [9.17, 15) is 13.2 Å². The molecule has 168 valence electrons. The minimum atomic E-state index is -3.96. The summed E-state index contributed by atoms with van der Waals surface area (Å²) in [6, 6.07) is 20.6. The second kappa shape index (κ2) is 9.44. The summed E-state index contributed by atoms with van der Waals surface area (Å²) < 4.78 is 30.0. The van der Waals surface area contributed by atoms with Gasteiger partial charge in [-0.25, -0.2) is 18.5 Å². The molecule has 0 aliphatic carbocycles. The van der Waals surface area contributed by atoms with Crippen molar-refractivity contribution in [1.29, 1.82) is 0 Å². The van der Waals surface area contributed by atoms with Crippen LogP contribution >= 0.6 is 27.3 Å². The monoisotopic (exact) mass is 543 g/mol. The van der Waals surface area contributed by atoms with Gasteiger partial charge >= 0.3 is 0 Å². The van der Waals surface area contributed by atoms with Crippen molar-refractivity contribution in [3.63, 3.8) is 0 Å². The van der Waals surface area contributed by atoms with E-state index in [-0.39, 0.29) is 10.8 Å². The number of aromatic nitrogens is 1. The van der Waals surface area contributed by atoms with Crippen LogP contribution in [0, 0.1) is 0 Å². The molecule has 0 unspecified atom stereocenters. The van der Waals surface area contributed by atoms with Crippen LogP contribution in [0.1, 0.15) is 9.67 Å². The summed E-state index contributed by atoms with van der Waals surface area (Å²) in [5.74, 6) is 0.325. The van der Waals surface area contributed by atoms with Crippen LogP contribution in [0.2, 0.25) is 0 Å². The first-order chi connectivity index (χ1) is 15.8. The minimum absolute atomic E-state index is 0.0221. The minimum Gasteiger partial charge on any atom is -0.497 e. The van der Waals surface area contributed by atoms with E-state index in [2.05, 4.69) is 26.2 Å². The maximum absolute atomic E-state index is 13.3. The smallest absolute Gasteiger partial charge is 0.268 e. The van der Waals surface area contributed by atoms with Gasteiger partial charge in [-0.2, -0.15) is 0 Å². The van der Waals surface area contributed by atoms with Crippen LogP contribution in [0.3, 0.4) is 0 Å². The number of carbonyl (C=O) groups excluding carboxylic acids is 1. The van der Waals surface area contributed by atoms with Crippen molar-refractivity contribution in [2.75, 3.05) is 12.4 Å². The fraction of sp³-hybridized carbons (Fsp3) is 0.0435. The van der Waals surface area contributed by atoms with Crippen molar-refractivity contribution in [3.8, 4) is 28.1 Å². The SMILES string of the molecule is COc1ccc(-c2nc(Br)sc2C(=O)Nc2ccccc2-c2ccccc2S(N)(=O)=O)cc1. The van der Waals surface area contributed by atoms with Gasteiger partial charge in [-0.3, -0.25) is 4.79 Å². The zero-order valence-corrected chi connectivity index (χ0v) is 20.5. The third-order valence-corrected chi connectivity index (χ3v) is 7.30. The summed E-state index contributed by atoms with van der Waals surface area (Å²) in [6.45, 7) is 0. The van der Waals surface area contributed by atoms with Crippen LogP contribution in [-0.4, -0.2) is 26.4 Å². The molecule has 0 aliphatic rings. The Bertz CT molecular complexity index is 1430. The standard InChI is InChI=1S/C23H18BrN3O4S2/c1-31-15-12-10-14(11-13-15)20-21(32-23(24)27-20)22(28)26-18-8-4-2-6-16(18)17-7-3-5-9-19(17)33(25,29)30/h2-13H,1H3,(H,26,28)(H2,25,29,30). The number of nitrogens with one attached hydrogen (secondary N) is 1. The fourth-order valence-electron chi connectivity index (χ4n) is 3.34. The highest BCUT2D eigenvalue weighted by Crippen LogP contribution is 2.35. The largest absolute Gasteiger partial charge is 0.497 e. The van der Waals surface area contributed by atoms with Crippen LogP contribution in [0.4, 0.5) is 5.69 Å². The molecule has 1 aromatic heterocycles. The molecule has 0 saturated carbocycles. The van der Waals surface area contributed by atoms with Crippen LogP contribution in [-0.2, 0) is 10.0 Å². The quantitative estimate of drug-likeness (QED) is 0.349. The lowest BCUT2D eigenvalue weighted by Crippen LogP contribution is -2.15. The van der Waals surface area contributed by atoms with Gasteiger partial charge in [-0.15, -0.1) is 11.3 Å². The zero-order valence-electron chi connectivity index (χ0n) is 17.3. The lowest BCUT2D eigenvalue weighted by Gasteiger charge is -2.14. The number of nitrogens with zero attached hydrogens (tertiary/aromatic N) is 1. The van der Waals surface area contributed by atoms with Crippen molar-refractivity contribution in [2.24, 2.45) is 5.14 Å². The number of nitrogens with two attached hydrogens (primary N) is 1. The van der Waals surface area contributed by atoms with Crippen molar-refractivity contribution in [3.05, 3.63) is 81.6 Å². The summed E-state index contributed by atoms with van der Waals surface area (Å²) in [5, 5.41) is 8.31. The molecule has 0 bridgehead atoms. The molecule has 0 aliphatic heterocycles. The third kappa shape index (κ3) is 4.98. The lowest BCUT2D eigenvalue weighted by molar-refractivity contribution is 0.103. The summed E-state index contributed by atoms with van der Waals surface area (Å²) in [4.78, 5) is 18.1. The first kappa shape index (κ1) is 23.1. The number of benzene rings is 3. The van der Waals surface area contributed by atoms with Crippen molar-refractivity contribution >= 4 is 48.9 Å². The number of sulfonamides is 1. The van der Waals surface area contributed by atoms with Gasteiger partial charge in [-0.05, 0) is 52.3 Å². The molecule has 10 heteroatoms. The molecule has 4 aromatic rings. The van der Waals surface area contributed by atoms with E-state index in [1.807, 2.05) is 12.1 Å². The number of hydrogen-bond donors (Lipinski definition) is 2. The number of methoxy groups -OCH3 is 1. The lowest BCUT2D eigenvalue weighted by atomic mass is 10.0. The van der Waals surface area contributed by atoms with E-state index in [1.165, 1.54) is 17.4 Å². The summed E-state index contributed by atoms with van der Waals surface area (Å²) in [6.07, 6.45) is 0. The number of anilines is 1. The normalized spacial score (nSPS) is 11.2. The number of thiazole rings is 1. The second-order valence-electron chi connectivity index (χ2n) is 6.91. The number of carbonyl (C=O) groups is 1. The average Bonchev–Trinajstić information content (AvgIpc) is 3.21. The number of rotatable bonds is 6. The van der Waals surface area contributed by atoms with E-state index in [4.69, 9.17) is 9.88 Å². The summed E-state index contributed by atoms with van der Waals surface area (Å²) in [7, 11) is -2.38. The molecule has 0 spiro atoms. The Morgan fingerprint density at radius 1 is 1.00 bits per heavy atom. The zero-order chi connectivity index (χ0) is 23.6. The molecule has 0 radical (unpaired) electrons. The highest BCUT2D eigenvalue weighted by Gasteiger charge is 2.22. The summed E-state index contributed by atoms with van der Waals surface area (Å²) in [5.41, 5.74) is 2.66. The number of hydrogen-bond acceptors (Lipinski definition) is 6. The van der Waals surface area contributed by atoms with E-state index >= 15 is 0 Å². The maximum atomic E-state index is 13.3. The first-order valence-corrected chi connectivity index (χ1v) is 12.8. The molecule has 0 fully saturated rings. The Morgan fingerprint density at radius 2 is 1.64 bits per heavy atom. The Hall–Kier alpha value is -3.05. The van der Waals surface area contributed by atoms with Crippen molar-refractivity contribution in [1.82, 2.24) is 4.98 Å². The highest BCUT2D eigenvalue weighted by molar-refractivity contribution is 9.11. The number of ether oxygens (including phenoxy) is 1. The van der Waals surface area contributed by atoms with Crippen molar-refractivity contribution in [2.45, 2.75) is 4.90 Å². The Labute approximate surface area is 203 Å². The molecule has 0 atom stereocenters. The predicted octanol–water partition coefficient (Wildman–Crippen LogP) is 5.15. The van der Waals surface area contributed by atoms with Crippen LogP contribution < -0.4 is 15.2 Å². The molecular formula is C23H18BrN3O4S2. The first-order valence-electron chi connectivity index (χ1n) is 9.61. The molecule has 7 nitrogen and oxygen atoms in total. The Morgan fingerprint density at radius 3 is 2.30 bits per heavy atom. The molecule has 4 rings (SSSR count). The maximum Gasteiger partial charge on any atom is 0.268 e. The number of para-hydroxylation sites is 1. The second-order valence-corrected chi connectivity index (χ2v) is 10.7. The molecule has 3 aromatic carbocycles. The van der Waals surface area contributed by atoms with Gasteiger partial charge in [0, 0.05) is 22.4 Å². The van der Waals surface area contributed by atoms with Gasteiger partial charge in [0.2, 0.25) is 10.0 Å². The van der Waals surface area contributed by atoms with E-state index in [0.29, 0.717) is 37.1 Å². The van der Waals surface area contributed by atoms with Crippen molar-refractivity contribution < 1.29 is 17.9 Å². The summed E-state index contributed by atoms with van der Waals surface area (Å²) >= 11 is 4.57. The van der Waals surface area contributed by atoms with Gasteiger partial charge in [0.15, 0.2) is 3.92 Å². The van der Waals surface area contributed by atoms with Crippen LogP contribution in [0.5, 0.6) is 5.75 Å². The Balaban J connectivity index is 1.73. The van der Waals surface area contributed by atoms with Gasteiger partial charge < -0.3 is 10.1 Å². The molecule has 1 amide bonds. The van der Waals surface area contributed by atoms with Gasteiger partial charge in [-0.1, -0.05) is 36.4 Å². The number of halogens is 1. The number of primary sulfonamides is 1. The topological polar surface area (TPSA) is 111 Å². The molecule has 0 saturated heterocycles. The predicted molar refractivity (Wildman–Crippen MR) is 133 cm³/mol. The number of amides is 1. The molecular weight excluding hydrogens is 526 g/mol. The average molecular weight is 544 g/mol. The van der Waals surface area contributed by atoms with E-state index in [1.54, 1.807) is 61.7 Å². The Kier molecular flexibility index (Phi) is 6.61. The van der Waals surface area contributed by atoms with Gasteiger partial charge in [0.05, 0.1) is 17.7 Å². The van der Waals surface area contributed by atoms with Gasteiger partial charge in [0.25, 0.3) is 5.91 Å². The van der Waals surface area contributed by atoms with Crippen LogP contribution in [0.25, 0.3) is 22.4 Å². The molecule has 1 heterocycles. The third-order valence-electron chi connectivity index (χ3n) is 4.83. The molecule has 3 N–H and O–H groups in total. The highest BCUT2D eigenvalue weighted by atomic mass is 79.9. The van der Waals surface area contributed by atoms with Crippen LogP contribution in [0.15, 0.2) is 81.6 Å². The fourth-order valence-corrected chi connectivity index (χ4v) is 5.46. The van der Waals surface area contributed by atoms with Gasteiger partial charge in [0.1, 0.15) is 10.6 Å².